The van der Waals surface area contributed by atoms with Crippen molar-refractivity contribution in [2.45, 2.75) is 6.54 Å². The summed E-state index contributed by atoms with van der Waals surface area (Å²) in [7, 11) is 1.63. The molecule has 0 fully saturated rings. The fraction of sp³-hybridized carbons (Fsp3) is 0.133. The normalized spacial score (nSPS) is 10.9. The van der Waals surface area contributed by atoms with E-state index < -0.39 is 0 Å². The van der Waals surface area contributed by atoms with Gasteiger partial charge in [0.25, 0.3) is 5.91 Å². The van der Waals surface area contributed by atoms with E-state index in [1.165, 1.54) is 11.1 Å². The van der Waals surface area contributed by atoms with Crippen LogP contribution in [0.2, 0.25) is 0 Å². The molecular formula is C15H12BrFN4O. The lowest BCUT2D eigenvalue weighted by molar-refractivity contribution is 0.0777. The molecule has 1 amide bonds. The Morgan fingerprint density at radius 2 is 2.23 bits per heavy atom. The van der Waals surface area contributed by atoms with E-state index in [-0.39, 0.29) is 18.3 Å². The van der Waals surface area contributed by atoms with Crippen molar-refractivity contribution in [3.8, 4) is 0 Å². The summed E-state index contributed by atoms with van der Waals surface area (Å²) in [6.07, 6.45) is 6.32. The van der Waals surface area contributed by atoms with E-state index in [2.05, 4.69) is 25.9 Å². The second kappa shape index (κ2) is 5.84. The highest BCUT2D eigenvalue weighted by Gasteiger charge is 2.18. The maximum atomic E-state index is 14.0. The van der Waals surface area contributed by atoms with Crippen molar-refractivity contribution in [2.75, 3.05) is 7.05 Å². The Balaban J connectivity index is 1.87. The first kappa shape index (κ1) is 14.6. The maximum absolute atomic E-state index is 14.0. The Kier molecular flexibility index (Phi) is 3.89. The molecule has 0 radical (unpaired) electrons. The van der Waals surface area contributed by atoms with Crippen LogP contribution >= 0.6 is 15.9 Å². The Labute approximate surface area is 134 Å². The van der Waals surface area contributed by atoms with Crippen molar-refractivity contribution >= 4 is 27.5 Å². The molecule has 3 rings (SSSR count). The third kappa shape index (κ3) is 2.59. The zero-order valence-electron chi connectivity index (χ0n) is 11.7. The van der Waals surface area contributed by atoms with Crippen molar-refractivity contribution in [3.63, 3.8) is 0 Å². The van der Waals surface area contributed by atoms with Crippen LogP contribution in [0, 0.1) is 5.82 Å². The van der Waals surface area contributed by atoms with E-state index in [0.717, 1.165) is 0 Å². The molecule has 1 aromatic carbocycles. The summed E-state index contributed by atoms with van der Waals surface area (Å²) >= 11 is 3.14. The summed E-state index contributed by atoms with van der Waals surface area (Å²) in [5, 5.41) is 0. The number of carbonyl (C=O) groups is 1. The smallest absolute Gasteiger partial charge is 0.272 e. The van der Waals surface area contributed by atoms with Gasteiger partial charge in [-0.25, -0.2) is 9.37 Å². The minimum absolute atomic E-state index is 0.169. The molecule has 7 heteroatoms. The van der Waals surface area contributed by atoms with E-state index in [9.17, 15) is 9.18 Å². The minimum Gasteiger partial charge on any atom is -0.336 e. The lowest BCUT2D eigenvalue weighted by Gasteiger charge is -2.17. The molecule has 0 aliphatic carbocycles. The lowest BCUT2D eigenvalue weighted by atomic mass is 10.2. The molecule has 0 atom stereocenters. The number of fused-ring (bicyclic) bond motifs is 1. The van der Waals surface area contributed by atoms with Crippen LogP contribution in [0.25, 0.3) is 5.65 Å². The number of hydrogen-bond donors (Lipinski definition) is 0. The highest BCUT2D eigenvalue weighted by atomic mass is 79.9. The monoisotopic (exact) mass is 362 g/mol. The van der Waals surface area contributed by atoms with Gasteiger partial charge in [0, 0.05) is 31.5 Å². The molecule has 2 aromatic heterocycles. The second-order valence-corrected chi connectivity index (χ2v) is 5.68. The molecule has 22 heavy (non-hydrogen) atoms. The molecule has 0 aliphatic rings. The van der Waals surface area contributed by atoms with E-state index >= 15 is 0 Å². The van der Waals surface area contributed by atoms with Crippen LogP contribution in [0.1, 0.15) is 16.1 Å². The number of hydrogen-bond acceptors (Lipinski definition) is 3. The van der Waals surface area contributed by atoms with Gasteiger partial charge in [0.05, 0.1) is 16.9 Å². The standard InChI is InChI=1S/C15H12BrFN4O/c1-20(9-10-3-2-4-11(16)14(10)17)15(22)12-7-19-13-8-18-5-6-21(12)13/h2-8H,9H2,1H3. The third-order valence-corrected chi connectivity index (χ3v) is 3.93. The van der Waals surface area contributed by atoms with Crippen molar-refractivity contribution in [1.82, 2.24) is 19.3 Å². The van der Waals surface area contributed by atoms with E-state index in [1.807, 2.05) is 0 Å². The summed E-state index contributed by atoms with van der Waals surface area (Å²) in [6, 6.07) is 5.02. The van der Waals surface area contributed by atoms with Crippen LogP contribution in [0.3, 0.4) is 0 Å². The van der Waals surface area contributed by atoms with Gasteiger partial charge in [-0.05, 0) is 22.0 Å². The number of carbonyl (C=O) groups excluding carboxylic acids is 1. The van der Waals surface area contributed by atoms with Gasteiger partial charge in [-0.15, -0.1) is 0 Å². The van der Waals surface area contributed by atoms with Crippen molar-refractivity contribution in [1.29, 1.82) is 0 Å². The fourth-order valence-corrected chi connectivity index (χ4v) is 2.60. The Morgan fingerprint density at radius 3 is 3.05 bits per heavy atom. The zero-order chi connectivity index (χ0) is 15.7. The van der Waals surface area contributed by atoms with Crippen LogP contribution in [0.15, 0.2) is 47.5 Å². The summed E-state index contributed by atoms with van der Waals surface area (Å²) in [5.74, 6) is -0.595. The van der Waals surface area contributed by atoms with Gasteiger partial charge in [0.1, 0.15) is 11.5 Å². The average molecular weight is 363 g/mol. The predicted octanol–water partition coefficient (Wildman–Crippen LogP) is 2.90. The SMILES string of the molecule is CN(Cc1cccc(Br)c1F)C(=O)c1cnc2cnccn12. The van der Waals surface area contributed by atoms with Gasteiger partial charge in [0.2, 0.25) is 0 Å². The molecule has 112 valence electrons. The summed E-state index contributed by atoms with van der Waals surface area (Å²) < 4.78 is 16.0. The first-order chi connectivity index (χ1) is 10.6. The van der Waals surface area contributed by atoms with Crippen molar-refractivity contribution in [3.05, 3.63) is 64.5 Å². The first-order valence-electron chi connectivity index (χ1n) is 6.53. The van der Waals surface area contributed by atoms with Crippen LogP contribution < -0.4 is 0 Å². The van der Waals surface area contributed by atoms with Gasteiger partial charge in [-0.3, -0.25) is 14.2 Å². The molecule has 0 saturated carbocycles. The van der Waals surface area contributed by atoms with Gasteiger partial charge >= 0.3 is 0 Å². The molecule has 0 spiro atoms. The van der Waals surface area contributed by atoms with Gasteiger partial charge in [-0.1, -0.05) is 12.1 Å². The van der Waals surface area contributed by atoms with Gasteiger partial charge in [-0.2, -0.15) is 0 Å². The van der Waals surface area contributed by atoms with Gasteiger partial charge < -0.3 is 4.90 Å². The van der Waals surface area contributed by atoms with Gasteiger partial charge in [0.15, 0.2) is 5.65 Å². The van der Waals surface area contributed by atoms with Crippen LogP contribution in [-0.4, -0.2) is 32.2 Å². The second-order valence-electron chi connectivity index (χ2n) is 4.82. The number of amides is 1. The molecule has 3 aromatic rings. The van der Waals surface area contributed by atoms with Crippen molar-refractivity contribution < 1.29 is 9.18 Å². The molecule has 0 N–H and O–H groups in total. The van der Waals surface area contributed by atoms with E-state index in [0.29, 0.717) is 21.4 Å². The summed E-state index contributed by atoms with van der Waals surface area (Å²) in [6.45, 7) is 0.169. The number of imidazole rings is 1. The number of halogens is 2. The molecule has 0 aliphatic heterocycles. The van der Waals surface area contributed by atoms with Crippen LogP contribution in [0.5, 0.6) is 0 Å². The topological polar surface area (TPSA) is 50.5 Å². The molecule has 0 unspecified atom stereocenters. The predicted molar refractivity (Wildman–Crippen MR) is 82.9 cm³/mol. The molecule has 5 nitrogen and oxygen atoms in total. The minimum atomic E-state index is -0.357. The molecule has 0 bridgehead atoms. The Hall–Kier alpha value is -2.28. The summed E-state index contributed by atoms with van der Waals surface area (Å²) in [5.41, 5.74) is 1.45. The molecular weight excluding hydrogens is 351 g/mol. The zero-order valence-corrected chi connectivity index (χ0v) is 13.3. The molecule has 2 heterocycles. The summed E-state index contributed by atoms with van der Waals surface area (Å²) in [4.78, 5) is 22.1. The van der Waals surface area contributed by atoms with Crippen molar-refractivity contribution in [2.24, 2.45) is 0 Å². The Bertz CT molecular complexity index is 848. The third-order valence-electron chi connectivity index (χ3n) is 3.32. The van der Waals surface area contributed by atoms with Crippen LogP contribution in [0.4, 0.5) is 4.39 Å². The first-order valence-corrected chi connectivity index (χ1v) is 7.32. The fourth-order valence-electron chi connectivity index (χ4n) is 2.19. The quantitative estimate of drug-likeness (QED) is 0.719. The number of rotatable bonds is 3. The van der Waals surface area contributed by atoms with E-state index in [4.69, 9.17) is 0 Å². The average Bonchev–Trinajstić information content (AvgIpc) is 2.95. The highest BCUT2D eigenvalue weighted by molar-refractivity contribution is 9.10. The van der Waals surface area contributed by atoms with E-state index in [1.54, 1.807) is 48.2 Å². The largest absolute Gasteiger partial charge is 0.336 e. The lowest BCUT2D eigenvalue weighted by Crippen LogP contribution is -2.27. The number of benzene rings is 1. The van der Waals surface area contributed by atoms with Crippen LogP contribution in [-0.2, 0) is 6.54 Å². The highest BCUT2D eigenvalue weighted by Crippen LogP contribution is 2.20. The number of aromatic nitrogens is 3. The Morgan fingerprint density at radius 1 is 1.41 bits per heavy atom. The maximum Gasteiger partial charge on any atom is 0.272 e. The molecule has 0 saturated heterocycles. The number of nitrogens with zero attached hydrogens (tertiary/aromatic N) is 4.